The predicted octanol–water partition coefficient (Wildman–Crippen LogP) is 0.964. The predicted molar refractivity (Wildman–Crippen MR) is 54.8 cm³/mol. The summed E-state index contributed by atoms with van der Waals surface area (Å²) >= 11 is 0. The van der Waals surface area contributed by atoms with Gasteiger partial charge in [0.25, 0.3) is 0 Å². The highest BCUT2D eigenvalue weighted by molar-refractivity contribution is 5.79. The molecular weight excluding hydrogens is 150 g/mol. The molecule has 0 saturated carbocycles. The summed E-state index contributed by atoms with van der Waals surface area (Å²) in [6, 6.07) is 0.377. The molecule has 0 bridgehead atoms. The third kappa shape index (κ3) is 5.13. The molecule has 0 aromatic carbocycles. The second-order valence-electron chi connectivity index (χ2n) is 3.17. The summed E-state index contributed by atoms with van der Waals surface area (Å²) in [4.78, 5) is 6.71. The average Bonchev–Trinajstić information content (AvgIpc) is 2.03. The standard InChI is InChI=1S/C9H21N3/c1-6-12(5)7-8(2)11-9(3)10-4/h8H,6-7H2,1-5H3,(H,10,11). The van der Waals surface area contributed by atoms with Crippen molar-refractivity contribution in [3.05, 3.63) is 0 Å². The number of nitrogens with zero attached hydrogens (tertiary/aromatic N) is 2. The minimum atomic E-state index is 0.377. The molecule has 0 aromatic heterocycles. The Hall–Kier alpha value is -0.570. The zero-order valence-electron chi connectivity index (χ0n) is 8.89. The van der Waals surface area contributed by atoms with Gasteiger partial charge in [0.1, 0.15) is 0 Å². The Balaban J connectivity index is 3.80. The summed E-state index contributed by atoms with van der Waals surface area (Å²) in [5, 5.41) is 3.02. The molecule has 0 aliphatic carbocycles. The molecule has 1 unspecified atom stereocenters. The van der Waals surface area contributed by atoms with Crippen molar-refractivity contribution in [2.24, 2.45) is 4.99 Å². The van der Waals surface area contributed by atoms with Crippen molar-refractivity contribution in [2.45, 2.75) is 26.8 Å². The fourth-order valence-electron chi connectivity index (χ4n) is 1.02. The largest absolute Gasteiger partial charge is 0.377 e. The lowest BCUT2D eigenvalue weighted by molar-refractivity contribution is 0.334. The van der Waals surface area contributed by atoms with Crippen molar-refractivity contribution < 1.29 is 0 Å². The Morgan fingerprint density at radius 2 is 2.17 bits per heavy atom. The minimum Gasteiger partial charge on any atom is -0.377 e. The van der Waals surface area contributed by atoms with Gasteiger partial charge in [-0.15, -0.1) is 0 Å². The monoisotopic (exact) mass is 171 g/mol. The lowest BCUT2D eigenvalue weighted by atomic mass is 10.3. The Labute approximate surface area is 75.9 Å². The van der Waals surface area contributed by atoms with E-state index in [1.807, 2.05) is 14.0 Å². The number of amidine groups is 1. The molecule has 0 aliphatic rings. The van der Waals surface area contributed by atoms with Crippen molar-refractivity contribution >= 4 is 5.84 Å². The van der Waals surface area contributed by atoms with Gasteiger partial charge < -0.3 is 10.2 Å². The maximum absolute atomic E-state index is 4.45. The molecular formula is C9H21N3. The molecule has 0 aromatic rings. The van der Waals surface area contributed by atoms with Crippen molar-refractivity contribution in [1.29, 1.82) is 0 Å². The molecule has 72 valence electrons. The highest BCUT2D eigenvalue weighted by Crippen LogP contribution is 1.93. The molecule has 0 aliphatic heterocycles. The zero-order chi connectivity index (χ0) is 9.56. The van der Waals surface area contributed by atoms with Crippen LogP contribution in [0.25, 0.3) is 0 Å². The van der Waals surface area contributed by atoms with E-state index in [9.17, 15) is 0 Å². The van der Waals surface area contributed by atoms with Crippen LogP contribution in [0.2, 0.25) is 0 Å². The summed E-state index contributed by atoms with van der Waals surface area (Å²) < 4.78 is 0. The Morgan fingerprint density at radius 1 is 1.58 bits per heavy atom. The van der Waals surface area contributed by atoms with Gasteiger partial charge >= 0.3 is 0 Å². The maximum Gasteiger partial charge on any atom is 0.0932 e. The van der Waals surface area contributed by atoms with E-state index in [-0.39, 0.29) is 0 Å². The lowest BCUT2D eigenvalue weighted by Gasteiger charge is -2.17. The second kappa shape index (κ2) is 6.00. The first-order valence-corrected chi connectivity index (χ1v) is 4.50. The Kier molecular flexibility index (Phi) is 5.72. The number of hydrogen-bond acceptors (Lipinski definition) is 2. The number of hydrogen-bond donors (Lipinski definition) is 1. The Bertz CT molecular complexity index is 143. The van der Waals surface area contributed by atoms with Crippen LogP contribution in [0.1, 0.15) is 20.8 Å². The maximum atomic E-state index is 4.45. The van der Waals surface area contributed by atoms with Gasteiger partial charge in [-0.2, -0.15) is 0 Å². The van der Waals surface area contributed by atoms with Gasteiger partial charge in [0.05, 0.1) is 11.9 Å². The van der Waals surface area contributed by atoms with E-state index in [1.165, 1.54) is 0 Å². The minimum absolute atomic E-state index is 0.377. The Morgan fingerprint density at radius 3 is 2.58 bits per heavy atom. The molecule has 1 N–H and O–H groups in total. The molecule has 3 nitrogen and oxygen atoms in total. The second-order valence-corrected chi connectivity index (χ2v) is 3.17. The fraction of sp³-hybridized carbons (Fsp3) is 0.889. The summed E-state index contributed by atoms with van der Waals surface area (Å²) in [5.41, 5.74) is 0. The summed E-state index contributed by atoms with van der Waals surface area (Å²) in [5.74, 6) is 1.01. The third-order valence-electron chi connectivity index (χ3n) is 1.89. The molecule has 0 amide bonds. The van der Waals surface area contributed by atoms with E-state index in [0.717, 1.165) is 18.9 Å². The normalized spacial score (nSPS) is 15.0. The van der Waals surface area contributed by atoms with Crippen molar-refractivity contribution in [1.82, 2.24) is 10.2 Å². The van der Waals surface area contributed by atoms with E-state index in [2.05, 4.69) is 36.1 Å². The molecule has 3 heteroatoms. The van der Waals surface area contributed by atoms with E-state index >= 15 is 0 Å². The zero-order valence-corrected chi connectivity index (χ0v) is 8.89. The fourth-order valence-corrected chi connectivity index (χ4v) is 1.02. The molecule has 1 atom stereocenters. The van der Waals surface area contributed by atoms with Gasteiger partial charge in [-0.3, -0.25) is 4.99 Å². The molecule has 0 radical (unpaired) electrons. The van der Waals surface area contributed by atoms with Gasteiger partial charge in [-0.25, -0.2) is 0 Å². The van der Waals surface area contributed by atoms with Crippen LogP contribution in [0.15, 0.2) is 4.99 Å². The van der Waals surface area contributed by atoms with Crippen molar-refractivity contribution in [3.63, 3.8) is 0 Å². The van der Waals surface area contributed by atoms with Crippen LogP contribution in [0.3, 0.4) is 0 Å². The van der Waals surface area contributed by atoms with Gasteiger partial charge in [0.15, 0.2) is 0 Å². The highest BCUT2D eigenvalue weighted by atomic mass is 15.1. The average molecular weight is 171 g/mol. The smallest absolute Gasteiger partial charge is 0.0932 e. The van der Waals surface area contributed by atoms with Crippen LogP contribution in [0.5, 0.6) is 0 Å². The van der Waals surface area contributed by atoms with Gasteiger partial charge in [-0.1, -0.05) is 6.92 Å². The highest BCUT2D eigenvalue weighted by Gasteiger charge is 2.02. The topological polar surface area (TPSA) is 27.6 Å². The van der Waals surface area contributed by atoms with E-state index in [4.69, 9.17) is 0 Å². The van der Waals surface area contributed by atoms with Gasteiger partial charge in [-0.05, 0) is 27.4 Å². The molecule has 0 spiro atoms. The van der Waals surface area contributed by atoms with Crippen LogP contribution < -0.4 is 5.32 Å². The van der Waals surface area contributed by atoms with Crippen LogP contribution in [0, 0.1) is 0 Å². The molecule has 0 heterocycles. The molecule has 0 rings (SSSR count). The number of nitrogens with one attached hydrogen (secondary N) is 1. The first kappa shape index (κ1) is 11.4. The molecule has 0 fully saturated rings. The van der Waals surface area contributed by atoms with Gasteiger partial charge in [0, 0.05) is 13.6 Å². The lowest BCUT2D eigenvalue weighted by Crippen LogP contribution is -2.28. The quantitative estimate of drug-likeness (QED) is 0.504. The number of rotatable bonds is 4. The van der Waals surface area contributed by atoms with Crippen molar-refractivity contribution in [3.8, 4) is 0 Å². The number of aliphatic imine (C=N–C) groups is 1. The summed E-state index contributed by atoms with van der Waals surface area (Å²) in [6.07, 6.45) is 0. The SMILES string of the molecule is CCN(C)CC(C)/N=C(\C)NC. The molecule has 0 saturated heterocycles. The van der Waals surface area contributed by atoms with Crippen molar-refractivity contribution in [2.75, 3.05) is 27.2 Å². The molecule has 12 heavy (non-hydrogen) atoms. The van der Waals surface area contributed by atoms with Crippen LogP contribution in [-0.2, 0) is 0 Å². The van der Waals surface area contributed by atoms with E-state index < -0.39 is 0 Å². The van der Waals surface area contributed by atoms with Crippen LogP contribution in [-0.4, -0.2) is 44.0 Å². The van der Waals surface area contributed by atoms with Crippen LogP contribution in [0.4, 0.5) is 0 Å². The first-order chi connectivity index (χ1) is 5.60. The summed E-state index contributed by atoms with van der Waals surface area (Å²) in [7, 11) is 4.01. The van der Waals surface area contributed by atoms with Gasteiger partial charge in [0.2, 0.25) is 0 Å². The third-order valence-corrected chi connectivity index (χ3v) is 1.89. The van der Waals surface area contributed by atoms with E-state index in [0.29, 0.717) is 6.04 Å². The van der Waals surface area contributed by atoms with Crippen LogP contribution >= 0.6 is 0 Å². The van der Waals surface area contributed by atoms with E-state index in [1.54, 1.807) is 0 Å². The first-order valence-electron chi connectivity index (χ1n) is 4.50. The number of likely N-dealkylation sites (N-methyl/N-ethyl adjacent to an activating group) is 1. The summed E-state index contributed by atoms with van der Waals surface area (Å²) in [6.45, 7) is 8.38.